The summed E-state index contributed by atoms with van der Waals surface area (Å²) in [7, 11) is 2.06. The second-order valence-corrected chi connectivity index (χ2v) is 5.98. The molecule has 1 aliphatic heterocycles. The molecule has 0 aliphatic carbocycles. The molecule has 0 atom stereocenters. The van der Waals surface area contributed by atoms with Crippen LogP contribution in [0.4, 0.5) is 0 Å². The molecular weight excluding hydrogens is 244 g/mol. The summed E-state index contributed by atoms with van der Waals surface area (Å²) in [6, 6.07) is 0. The topological polar surface area (TPSA) is 34.0 Å². The highest BCUT2D eigenvalue weighted by molar-refractivity contribution is 7.99. The molecule has 0 bridgehead atoms. The summed E-state index contributed by atoms with van der Waals surface area (Å²) in [5.74, 6) is 2.22. The highest BCUT2D eigenvalue weighted by atomic mass is 32.2. The van der Waals surface area contributed by atoms with E-state index in [2.05, 4.69) is 33.6 Å². The summed E-state index contributed by atoms with van der Waals surface area (Å²) in [5.41, 5.74) is 0. The van der Waals surface area contributed by atoms with Crippen molar-refractivity contribution < 1.29 is 0 Å². The zero-order valence-electron chi connectivity index (χ0n) is 11.6. The lowest BCUT2D eigenvalue weighted by Crippen LogP contribution is -2.30. The minimum Gasteiger partial charge on any atom is -0.309 e. The first-order chi connectivity index (χ1) is 8.81. The number of thioether (sulfide) groups is 1. The molecule has 1 aromatic heterocycles. The molecule has 1 aliphatic rings. The highest BCUT2D eigenvalue weighted by Gasteiger charge is 2.10. The average Bonchev–Trinajstić information content (AvgIpc) is 2.77. The molecule has 0 unspecified atom stereocenters. The van der Waals surface area contributed by atoms with Crippen LogP contribution >= 0.6 is 11.8 Å². The number of hydrogen-bond acceptors (Lipinski definition) is 4. The Labute approximate surface area is 114 Å². The van der Waals surface area contributed by atoms with Gasteiger partial charge in [0.25, 0.3) is 0 Å². The third kappa shape index (κ3) is 3.72. The van der Waals surface area contributed by atoms with Gasteiger partial charge in [0.2, 0.25) is 0 Å². The van der Waals surface area contributed by atoms with E-state index in [0.29, 0.717) is 0 Å². The molecule has 0 aromatic carbocycles. The molecule has 18 heavy (non-hydrogen) atoms. The van der Waals surface area contributed by atoms with Gasteiger partial charge < -0.3 is 9.47 Å². The van der Waals surface area contributed by atoms with Crippen LogP contribution in [0.15, 0.2) is 5.16 Å². The predicted octanol–water partition coefficient (Wildman–Crippen LogP) is 2.35. The van der Waals surface area contributed by atoms with E-state index in [0.717, 1.165) is 23.2 Å². The fourth-order valence-electron chi connectivity index (χ4n) is 2.41. The Balaban J connectivity index is 1.66. The van der Waals surface area contributed by atoms with Gasteiger partial charge in [-0.05, 0) is 38.9 Å². The molecule has 0 N–H and O–H groups in total. The maximum absolute atomic E-state index is 4.23. The van der Waals surface area contributed by atoms with Gasteiger partial charge in [0.15, 0.2) is 5.16 Å². The Hall–Kier alpha value is -0.550. The molecule has 4 nitrogen and oxygen atoms in total. The molecule has 102 valence electrons. The Bertz CT molecular complexity index is 358. The summed E-state index contributed by atoms with van der Waals surface area (Å²) in [4.78, 5) is 2.60. The number of piperidine rings is 1. The van der Waals surface area contributed by atoms with E-state index in [4.69, 9.17) is 0 Å². The molecule has 0 radical (unpaired) electrons. The standard InChI is InChI=1S/C13H24N4S/c1-3-12-14-15-13(16(12)2)18-11-7-10-17-8-5-4-6-9-17/h3-11H2,1-2H3. The van der Waals surface area contributed by atoms with E-state index in [1.165, 1.54) is 45.3 Å². The van der Waals surface area contributed by atoms with Crippen molar-refractivity contribution in [1.82, 2.24) is 19.7 Å². The van der Waals surface area contributed by atoms with Gasteiger partial charge in [0.1, 0.15) is 5.82 Å². The first-order valence-corrected chi connectivity index (χ1v) is 8.03. The number of nitrogens with zero attached hydrogens (tertiary/aromatic N) is 4. The fraction of sp³-hybridized carbons (Fsp3) is 0.846. The third-order valence-electron chi connectivity index (χ3n) is 3.54. The van der Waals surface area contributed by atoms with Gasteiger partial charge in [0, 0.05) is 19.2 Å². The van der Waals surface area contributed by atoms with E-state index in [-0.39, 0.29) is 0 Å². The van der Waals surface area contributed by atoms with Gasteiger partial charge in [-0.25, -0.2) is 0 Å². The molecule has 0 spiro atoms. The van der Waals surface area contributed by atoms with Crippen molar-refractivity contribution in [3.63, 3.8) is 0 Å². The van der Waals surface area contributed by atoms with Crippen molar-refractivity contribution in [2.45, 2.75) is 44.2 Å². The van der Waals surface area contributed by atoms with Crippen molar-refractivity contribution in [2.75, 3.05) is 25.4 Å². The third-order valence-corrected chi connectivity index (χ3v) is 4.65. The average molecular weight is 268 g/mol. The number of aromatic nitrogens is 3. The van der Waals surface area contributed by atoms with Crippen LogP contribution in [0.25, 0.3) is 0 Å². The fourth-order valence-corrected chi connectivity index (χ4v) is 3.27. The minimum absolute atomic E-state index is 0.956. The normalized spacial score (nSPS) is 17.2. The number of rotatable bonds is 6. The Kier molecular flexibility index (Phi) is 5.50. The van der Waals surface area contributed by atoms with E-state index < -0.39 is 0 Å². The van der Waals surface area contributed by atoms with Crippen molar-refractivity contribution in [2.24, 2.45) is 7.05 Å². The maximum Gasteiger partial charge on any atom is 0.190 e. The first kappa shape index (κ1) is 13.9. The maximum atomic E-state index is 4.23. The van der Waals surface area contributed by atoms with Crippen molar-refractivity contribution in [3.05, 3.63) is 5.82 Å². The monoisotopic (exact) mass is 268 g/mol. The lowest BCUT2D eigenvalue weighted by molar-refractivity contribution is 0.230. The predicted molar refractivity (Wildman–Crippen MR) is 76.0 cm³/mol. The molecule has 1 saturated heterocycles. The van der Waals surface area contributed by atoms with Crippen LogP contribution < -0.4 is 0 Å². The van der Waals surface area contributed by atoms with Crippen molar-refractivity contribution in [3.8, 4) is 0 Å². The molecular formula is C13H24N4S. The highest BCUT2D eigenvalue weighted by Crippen LogP contribution is 2.17. The van der Waals surface area contributed by atoms with Crippen LogP contribution in [0, 0.1) is 0 Å². The van der Waals surface area contributed by atoms with Crippen LogP contribution in [0.5, 0.6) is 0 Å². The van der Waals surface area contributed by atoms with E-state index in [1.54, 1.807) is 0 Å². The van der Waals surface area contributed by atoms with E-state index >= 15 is 0 Å². The zero-order chi connectivity index (χ0) is 12.8. The second kappa shape index (κ2) is 7.14. The number of hydrogen-bond donors (Lipinski definition) is 0. The van der Waals surface area contributed by atoms with Gasteiger partial charge in [0.05, 0.1) is 0 Å². The van der Waals surface area contributed by atoms with Gasteiger partial charge in [-0.3, -0.25) is 0 Å². The SMILES string of the molecule is CCc1nnc(SCCCN2CCCCC2)n1C. The Morgan fingerprint density at radius 1 is 1.17 bits per heavy atom. The van der Waals surface area contributed by atoms with E-state index in [9.17, 15) is 0 Å². The Morgan fingerprint density at radius 2 is 1.94 bits per heavy atom. The largest absolute Gasteiger partial charge is 0.309 e. The lowest BCUT2D eigenvalue weighted by Gasteiger charge is -2.26. The quantitative estimate of drug-likeness (QED) is 0.586. The molecule has 0 saturated carbocycles. The van der Waals surface area contributed by atoms with Crippen molar-refractivity contribution >= 4 is 11.8 Å². The first-order valence-electron chi connectivity index (χ1n) is 7.04. The summed E-state index contributed by atoms with van der Waals surface area (Å²) < 4.78 is 2.12. The second-order valence-electron chi connectivity index (χ2n) is 4.92. The smallest absolute Gasteiger partial charge is 0.190 e. The summed E-state index contributed by atoms with van der Waals surface area (Å²) in [6.45, 7) is 5.96. The minimum atomic E-state index is 0.956. The molecule has 0 amide bonds. The van der Waals surface area contributed by atoms with Crippen molar-refractivity contribution in [1.29, 1.82) is 0 Å². The summed E-state index contributed by atoms with van der Waals surface area (Å²) in [5, 5.41) is 9.48. The van der Waals surface area contributed by atoms with Crippen LogP contribution in [0.1, 0.15) is 38.4 Å². The van der Waals surface area contributed by atoms with Crippen LogP contribution in [-0.2, 0) is 13.5 Å². The lowest BCUT2D eigenvalue weighted by atomic mass is 10.1. The molecule has 1 aromatic rings. The number of aryl methyl sites for hydroxylation is 1. The number of likely N-dealkylation sites (tertiary alicyclic amines) is 1. The summed E-state index contributed by atoms with van der Waals surface area (Å²) in [6.07, 6.45) is 6.40. The van der Waals surface area contributed by atoms with Gasteiger partial charge >= 0.3 is 0 Å². The van der Waals surface area contributed by atoms with Gasteiger partial charge in [-0.15, -0.1) is 10.2 Å². The Morgan fingerprint density at radius 3 is 2.61 bits per heavy atom. The van der Waals surface area contributed by atoms with Crippen LogP contribution in [0.2, 0.25) is 0 Å². The van der Waals surface area contributed by atoms with Crippen LogP contribution in [0.3, 0.4) is 0 Å². The molecule has 2 rings (SSSR count). The molecule has 2 heterocycles. The zero-order valence-corrected chi connectivity index (χ0v) is 12.4. The summed E-state index contributed by atoms with van der Waals surface area (Å²) >= 11 is 1.83. The van der Waals surface area contributed by atoms with E-state index in [1.807, 2.05) is 11.8 Å². The van der Waals surface area contributed by atoms with Gasteiger partial charge in [-0.1, -0.05) is 25.1 Å². The van der Waals surface area contributed by atoms with Crippen LogP contribution in [-0.4, -0.2) is 45.1 Å². The molecule has 5 heteroatoms. The molecule has 1 fully saturated rings. The van der Waals surface area contributed by atoms with Gasteiger partial charge in [-0.2, -0.15) is 0 Å².